The maximum absolute atomic E-state index is 12.8. The fourth-order valence-corrected chi connectivity index (χ4v) is 4.11. The fourth-order valence-electron chi connectivity index (χ4n) is 4.11. The van der Waals surface area contributed by atoms with Crippen LogP contribution in [0.4, 0.5) is 10.5 Å². The summed E-state index contributed by atoms with van der Waals surface area (Å²) < 4.78 is 0. The van der Waals surface area contributed by atoms with E-state index < -0.39 is 12.1 Å². The molecule has 1 N–H and O–H groups in total. The van der Waals surface area contributed by atoms with Crippen molar-refractivity contribution in [3.8, 4) is 0 Å². The molecule has 6 heteroatoms. The lowest BCUT2D eigenvalue weighted by molar-refractivity contribution is -0.132. The van der Waals surface area contributed by atoms with Gasteiger partial charge >= 0.3 is 6.03 Å². The van der Waals surface area contributed by atoms with Gasteiger partial charge in [0.1, 0.15) is 6.04 Å². The van der Waals surface area contributed by atoms with E-state index in [0.717, 1.165) is 12.0 Å². The van der Waals surface area contributed by atoms with Gasteiger partial charge in [-0.25, -0.2) is 9.69 Å². The third-order valence-corrected chi connectivity index (χ3v) is 5.97. The van der Waals surface area contributed by atoms with E-state index in [2.05, 4.69) is 31.3 Å². The third kappa shape index (κ3) is 3.95. The summed E-state index contributed by atoms with van der Waals surface area (Å²) in [5.41, 5.74) is 4.18. The number of imide groups is 1. The number of carbonyl (C=O) groups excluding carboxylic acids is 3. The Bertz CT molecular complexity index is 968. The zero-order valence-electron chi connectivity index (χ0n) is 17.4. The van der Waals surface area contributed by atoms with Crippen LogP contribution in [0.25, 0.3) is 0 Å². The molecule has 2 aromatic rings. The van der Waals surface area contributed by atoms with Crippen molar-refractivity contribution in [2.45, 2.75) is 51.6 Å². The van der Waals surface area contributed by atoms with Crippen LogP contribution >= 0.6 is 0 Å². The van der Waals surface area contributed by atoms with Crippen LogP contribution in [-0.2, 0) is 22.6 Å². The highest BCUT2D eigenvalue weighted by Gasteiger charge is 2.39. The van der Waals surface area contributed by atoms with Gasteiger partial charge in [0.15, 0.2) is 0 Å². The van der Waals surface area contributed by atoms with Gasteiger partial charge < -0.3 is 10.2 Å². The van der Waals surface area contributed by atoms with Gasteiger partial charge in [-0.15, -0.1) is 0 Å². The molecule has 0 saturated carbocycles. The molecule has 2 aliphatic heterocycles. The van der Waals surface area contributed by atoms with Crippen molar-refractivity contribution in [3.05, 3.63) is 65.2 Å². The monoisotopic (exact) mass is 405 g/mol. The predicted octanol–water partition coefficient (Wildman–Crippen LogP) is 3.60. The number of hydrogen-bond donors (Lipinski definition) is 1. The molecule has 6 nitrogen and oxygen atoms in total. The lowest BCUT2D eigenvalue weighted by Crippen LogP contribution is -2.37. The average Bonchev–Trinajstić information content (AvgIpc) is 3.04. The number of carbonyl (C=O) groups is 3. The molecule has 0 unspecified atom stereocenters. The SMILES string of the molecule is CC(C)c1ccc(N2C(=O)N[C@@H](CCC(=O)N3CCc4ccccc4C3)C2=O)cc1. The van der Waals surface area contributed by atoms with Gasteiger partial charge in [0.25, 0.3) is 5.91 Å². The molecule has 1 saturated heterocycles. The highest BCUT2D eigenvalue weighted by Crippen LogP contribution is 2.25. The van der Waals surface area contributed by atoms with E-state index in [9.17, 15) is 14.4 Å². The Hall–Kier alpha value is -3.15. The number of fused-ring (bicyclic) bond motifs is 1. The van der Waals surface area contributed by atoms with Gasteiger partial charge in [0.05, 0.1) is 5.69 Å². The Balaban J connectivity index is 1.36. The summed E-state index contributed by atoms with van der Waals surface area (Å²) in [4.78, 5) is 40.9. The first-order chi connectivity index (χ1) is 14.4. The largest absolute Gasteiger partial charge is 0.338 e. The number of urea groups is 1. The van der Waals surface area contributed by atoms with Crippen LogP contribution in [0.3, 0.4) is 0 Å². The van der Waals surface area contributed by atoms with Crippen molar-refractivity contribution in [1.29, 1.82) is 0 Å². The van der Waals surface area contributed by atoms with Crippen molar-refractivity contribution in [2.75, 3.05) is 11.4 Å². The van der Waals surface area contributed by atoms with Crippen LogP contribution in [0.2, 0.25) is 0 Å². The van der Waals surface area contributed by atoms with Gasteiger partial charge in [-0.1, -0.05) is 50.2 Å². The van der Waals surface area contributed by atoms with Crippen LogP contribution in [0, 0.1) is 0 Å². The van der Waals surface area contributed by atoms with E-state index in [-0.39, 0.29) is 18.2 Å². The highest BCUT2D eigenvalue weighted by atomic mass is 16.2. The van der Waals surface area contributed by atoms with Crippen molar-refractivity contribution >= 4 is 23.5 Å². The van der Waals surface area contributed by atoms with Gasteiger partial charge in [-0.3, -0.25) is 9.59 Å². The summed E-state index contributed by atoms with van der Waals surface area (Å²) >= 11 is 0. The van der Waals surface area contributed by atoms with E-state index in [4.69, 9.17) is 0 Å². The number of nitrogens with one attached hydrogen (secondary N) is 1. The molecular weight excluding hydrogens is 378 g/mol. The minimum Gasteiger partial charge on any atom is -0.338 e. The topological polar surface area (TPSA) is 69.7 Å². The van der Waals surface area contributed by atoms with Crippen molar-refractivity contribution < 1.29 is 14.4 Å². The molecule has 4 rings (SSSR count). The normalized spacial score (nSPS) is 18.6. The van der Waals surface area contributed by atoms with Gasteiger partial charge in [0.2, 0.25) is 5.91 Å². The second-order valence-electron chi connectivity index (χ2n) is 8.29. The minimum absolute atomic E-state index is 0.0197. The zero-order valence-corrected chi connectivity index (χ0v) is 17.4. The van der Waals surface area contributed by atoms with Gasteiger partial charge in [-0.2, -0.15) is 0 Å². The fraction of sp³-hybridized carbons (Fsp3) is 0.375. The standard InChI is InChI=1S/C24H27N3O3/c1-16(2)17-7-9-20(10-8-17)27-23(29)21(25-24(27)30)11-12-22(28)26-14-13-18-5-3-4-6-19(18)15-26/h3-10,16,21H,11-15H2,1-2H3,(H,25,30)/t21-/m0/s1. The van der Waals surface area contributed by atoms with E-state index in [1.807, 2.05) is 29.2 Å². The first-order valence-corrected chi connectivity index (χ1v) is 10.5. The Labute approximate surface area is 176 Å². The van der Waals surface area contributed by atoms with Crippen LogP contribution in [0.5, 0.6) is 0 Å². The van der Waals surface area contributed by atoms with Crippen LogP contribution in [0.1, 0.15) is 49.3 Å². The lowest BCUT2D eigenvalue weighted by Gasteiger charge is -2.29. The van der Waals surface area contributed by atoms with E-state index in [1.54, 1.807) is 12.1 Å². The summed E-state index contributed by atoms with van der Waals surface area (Å²) in [6.45, 7) is 5.48. The third-order valence-electron chi connectivity index (χ3n) is 5.97. The molecule has 1 fully saturated rings. The van der Waals surface area contributed by atoms with Gasteiger partial charge in [0, 0.05) is 19.5 Å². The summed E-state index contributed by atoms with van der Waals surface area (Å²) in [6.07, 6.45) is 1.39. The molecule has 156 valence electrons. The number of hydrogen-bond acceptors (Lipinski definition) is 3. The summed E-state index contributed by atoms with van der Waals surface area (Å²) in [7, 11) is 0. The lowest BCUT2D eigenvalue weighted by atomic mass is 9.99. The summed E-state index contributed by atoms with van der Waals surface area (Å²) in [5.74, 6) is 0.100. The smallest absolute Gasteiger partial charge is 0.329 e. The first-order valence-electron chi connectivity index (χ1n) is 10.5. The van der Waals surface area contributed by atoms with E-state index in [1.165, 1.54) is 16.0 Å². The maximum atomic E-state index is 12.8. The average molecular weight is 405 g/mol. The van der Waals surface area contributed by atoms with Crippen molar-refractivity contribution in [2.24, 2.45) is 0 Å². The Morgan fingerprint density at radius 2 is 1.77 bits per heavy atom. The second-order valence-corrected chi connectivity index (χ2v) is 8.29. The minimum atomic E-state index is -0.664. The van der Waals surface area contributed by atoms with Crippen molar-refractivity contribution in [1.82, 2.24) is 10.2 Å². The molecule has 0 aromatic heterocycles. The number of nitrogens with zero attached hydrogens (tertiary/aromatic N) is 2. The molecule has 0 aliphatic carbocycles. The quantitative estimate of drug-likeness (QED) is 0.773. The number of rotatable bonds is 5. The molecule has 2 heterocycles. The molecular formula is C24H27N3O3. The molecule has 2 aliphatic rings. The number of amides is 4. The Morgan fingerprint density at radius 3 is 2.47 bits per heavy atom. The second kappa shape index (κ2) is 8.30. The highest BCUT2D eigenvalue weighted by molar-refractivity contribution is 6.21. The van der Waals surface area contributed by atoms with Crippen LogP contribution in [0.15, 0.2) is 48.5 Å². The van der Waals surface area contributed by atoms with Gasteiger partial charge in [-0.05, 0) is 47.6 Å². The summed E-state index contributed by atoms with van der Waals surface area (Å²) in [5, 5.41) is 2.73. The zero-order chi connectivity index (χ0) is 21.3. The van der Waals surface area contributed by atoms with E-state index in [0.29, 0.717) is 31.1 Å². The number of benzene rings is 2. The molecule has 30 heavy (non-hydrogen) atoms. The molecule has 4 amide bonds. The Kier molecular flexibility index (Phi) is 5.57. The molecule has 0 bridgehead atoms. The number of anilines is 1. The molecule has 2 aromatic carbocycles. The van der Waals surface area contributed by atoms with Crippen LogP contribution < -0.4 is 10.2 Å². The molecule has 1 atom stereocenters. The summed E-state index contributed by atoms with van der Waals surface area (Å²) in [6, 6.07) is 14.5. The van der Waals surface area contributed by atoms with Crippen LogP contribution in [-0.4, -0.2) is 35.3 Å². The maximum Gasteiger partial charge on any atom is 0.329 e. The van der Waals surface area contributed by atoms with Crippen molar-refractivity contribution in [3.63, 3.8) is 0 Å². The van der Waals surface area contributed by atoms with E-state index >= 15 is 0 Å². The Morgan fingerprint density at radius 1 is 1.07 bits per heavy atom. The first kappa shape index (κ1) is 20.1. The molecule has 0 radical (unpaired) electrons. The predicted molar refractivity (Wildman–Crippen MR) is 115 cm³/mol. The molecule has 0 spiro atoms.